The van der Waals surface area contributed by atoms with Crippen molar-refractivity contribution in [1.29, 1.82) is 0 Å². The number of likely N-dealkylation sites (tertiary alicyclic amines) is 1. The lowest BCUT2D eigenvalue weighted by atomic mass is 9.70. The summed E-state index contributed by atoms with van der Waals surface area (Å²) in [6, 6.07) is 0. The van der Waals surface area contributed by atoms with Gasteiger partial charge in [0.2, 0.25) is 0 Å². The Kier molecular flexibility index (Phi) is 6.25. The maximum atomic E-state index is 3.27. The molecule has 2 fully saturated rings. The Hall–Kier alpha value is 0.210. The smallest absolute Gasteiger partial charge is 0.00353 e. The summed E-state index contributed by atoms with van der Waals surface area (Å²) in [6.45, 7) is 7.74. The molecule has 0 aromatic carbocycles. The van der Waals surface area contributed by atoms with Crippen LogP contribution in [0.2, 0.25) is 0 Å². The minimum atomic E-state index is 0. The van der Waals surface area contributed by atoms with E-state index in [4.69, 9.17) is 0 Å². The quantitative estimate of drug-likeness (QED) is 0.818. The molecule has 0 atom stereocenters. The topological polar surface area (TPSA) is 15.3 Å². The molecule has 1 saturated carbocycles. The molecule has 0 aromatic heterocycles. The van der Waals surface area contributed by atoms with Crippen molar-refractivity contribution in [1.82, 2.24) is 10.2 Å². The van der Waals surface area contributed by atoms with E-state index in [2.05, 4.69) is 24.2 Å². The number of nitrogens with zero attached hydrogens (tertiary/aromatic N) is 1. The van der Waals surface area contributed by atoms with E-state index in [1.54, 1.807) is 0 Å². The van der Waals surface area contributed by atoms with Crippen LogP contribution in [-0.2, 0) is 0 Å². The monoisotopic (exact) mass is 260 g/mol. The predicted molar refractivity (Wildman–Crippen MR) is 76.9 cm³/mol. The standard InChI is InChI=1S/C14H28N2.ClH/c1-14(7-3-8-14)12-16-10-5-13(6-11-16)4-9-15-2;/h13,15H,3-12H2,1-2H3;1H. The van der Waals surface area contributed by atoms with Crippen LogP contribution in [0, 0.1) is 11.3 Å². The number of hydrogen-bond acceptors (Lipinski definition) is 2. The molecular weight excluding hydrogens is 232 g/mol. The van der Waals surface area contributed by atoms with Crippen LogP contribution < -0.4 is 5.32 Å². The van der Waals surface area contributed by atoms with E-state index >= 15 is 0 Å². The van der Waals surface area contributed by atoms with Crippen LogP contribution in [0.3, 0.4) is 0 Å². The maximum absolute atomic E-state index is 3.27. The van der Waals surface area contributed by atoms with Crippen molar-refractivity contribution in [3.63, 3.8) is 0 Å². The number of halogens is 1. The van der Waals surface area contributed by atoms with Crippen molar-refractivity contribution in [2.24, 2.45) is 11.3 Å². The second-order valence-corrected chi connectivity index (χ2v) is 6.28. The fourth-order valence-corrected chi connectivity index (χ4v) is 3.26. The van der Waals surface area contributed by atoms with Crippen molar-refractivity contribution >= 4 is 12.4 Å². The van der Waals surface area contributed by atoms with Crippen molar-refractivity contribution in [3.8, 4) is 0 Å². The number of piperidine rings is 1. The van der Waals surface area contributed by atoms with E-state index in [0.717, 1.165) is 5.92 Å². The Balaban J connectivity index is 0.00000144. The van der Waals surface area contributed by atoms with Gasteiger partial charge >= 0.3 is 0 Å². The van der Waals surface area contributed by atoms with Crippen LogP contribution in [0.4, 0.5) is 0 Å². The molecule has 1 saturated heterocycles. The molecule has 2 nitrogen and oxygen atoms in total. The van der Waals surface area contributed by atoms with Gasteiger partial charge in [0, 0.05) is 6.54 Å². The van der Waals surface area contributed by atoms with Crippen LogP contribution in [-0.4, -0.2) is 38.1 Å². The third kappa shape index (κ3) is 4.42. The largest absolute Gasteiger partial charge is 0.320 e. The van der Waals surface area contributed by atoms with Gasteiger partial charge in [-0.2, -0.15) is 0 Å². The number of nitrogens with one attached hydrogen (secondary N) is 1. The molecule has 0 aromatic rings. The Labute approximate surface area is 113 Å². The molecule has 1 N–H and O–H groups in total. The van der Waals surface area contributed by atoms with Gasteiger partial charge in [-0.3, -0.25) is 0 Å². The summed E-state index contributed by atoms with van der Waals surface area (Å²) in [6.07, 6.45) is 8.63. The van der Waals surface area contributed by atoms with Gasteiger partial charge in [-0.1, -0.05) is 13.3 Å². The number of hydrogen-bond donors (Lipinski definition) is 1. The van der Waals surface area contributed by atoms with Crippen LogP contribution >= 0.6 is 12.4 Å². The summed E-state index contributed by atoms with van der Waals surface area (Å²) in [7, 11) is 2.06. The summed E-state index contributed by atoms with van der Waals surface area (Å²) < 4.78 is 0. The molecule has 0 bridgehead atoms. The zero-order valence-electron chi connectivity index (χ0n) is 11.5. The molecule has 3 heteroatoms. The lowest BCUT2D eigenvalue weighted by Crippen LogP contribution is -2.44. The van der Waals surface area contributed by atoms with Gasteiger partial charge in [0.25, 0.3) is 0 Å². The van der Waals surface area contributed by atoms with Gasteiger partial charge in [0.15, 0.2) is 0 Å². The average molecular weight is 261 g/mol. The van der Waals surface area contributed by atoms with E-state index in [9.17, 15) is 0 Å². The second-order valence-electron chi connectivity index (χ2n) is 6.28. The molecule has 0 amide bonds. The third-order valence-electron chi connectivity index (χ3n) is 4.68. The average Bonchev–Trinajstić information content (AvgIpc) is 2.26. The molecule has 2 aliphatic rings. The van der Waals surface area contributed by atoms with Gasteiger partial charge < -0.3 is 10.2 Å². The van der Waals surface area contributed by atoms with Crippen LogP contribution in [0.5, 0.6) is 0 Å². The Morgan fingerprint density at radius 1 is 1.24 bits per heavy atom. The van der Waals surface area contributed by atoms with E-state index in [1.165, 1.54) is 64.7 Å². The second kappa shape index (κ2) is 6.96. The minimum Gasteiger partial charge on any atom is -0.320 e. The molecule has 0 radical (unpaired) electrons. The lowest BCUT2D eigenvalue weighted by Gasteiger charge is -2.44. The number of rotatable bonds is 5. The highest BCUT2D eigenvalue weighted by molar-refractivity contribution is 5.85. The van der Waals surface area contributed by atoms with Gasteiger partial charge in [-0.25, -0.2) is 0 Å². The Morgan fingerprint density at radius 3 is 2.35 bits per heavy atom. The van der Waals surface area contributed by atoms with Crippen molar-refractivity contribution in [3.05, 3.63) is 0 Å². The van der Waals surface area contributed by atoms with Crippen molar-refractivity contribution in [2.75, 3.05) is 33.2 Å². The zero-order valence-corrected chi connectivity index (χ0v) is 12.3. The lowest BCUT2D eigenvalue weighted by molar-refractivity contribution is 0.0629. The summed E-state index contributed by atoms with van der Waals surface area (Å²) in [4.78, 5) is 2.72. The fourth-order valence-electron chi connectivity index (χ4n) is 3.26. The molecule has 102 valence electrons. The van der Waals surface area contributed by atoms with E-state index < -0.39 is 0 Å². The SMILES string of the molecule is CNCCC1CCN(CC2(C)CCC2)CC1.Cl. The summed E-state index contributed by atoms with van der Waals surface area (Å²) in [5.74, 6) is 0.984. The van der Waals surface area contributed by atoms with E-state index in [0.29, 0.717) is 5.41 Å². The summed E-state index contributed by atoms with van der Waals surface area (Å²) >= 11 is 0. The van der Waals surface area contributed by atoms with Crippen LogP contribution in [0.15, 0.2) is 0 Å². The first-order chi connectivity index (χ1) is 7.72. The van der Waals surface area contributed by atoms with Gasteiger partial charge in [0.1, 0.15) is 0 Å². The first kappa shape index (κ1) is 15.3. The van der Waals surface area contributed by atoms with E-state index in [-0.39, 0.29) is 12.4 Å². The highest BCUT2D eigenvalue weighted by Gasteiger charge is 2.34. The third-order valence-corrected chi connectivity index (χ3v) is 4.68. The normalized spacial score (nSPS) is 25.1. The zero-order chi connectivity index (χ0) is 11.4. The first-order valence-electron chi connectivity index (χ1n) is 7.09. The molecule has 0 spiro atoms. The molecular formula is C14H29ClN2. The Morgan fingerprint density at radius 2 is 1.88 bits per heavy atom. The summed E-state index contributed by atoms with van der Waals surface area (Å²) in [5.41, 5.74) is 0.678. The van der Waals surface area contributed by atoms with Gasteiger partial charge in [0.05, 0.1) is 0 Å². The maximum Gasteiger partial charge on any atom is 0.00353 e. The minimum absolute atomic E-state index is 0. The molecule has 17 heavy (non-hydrogen) atoms. The summed E-state index contributed by atoms with van der Waals surface area (Å²) in [5, 5.41) is 3.27. The molecule has 1 heterocycles. The predicted octanol–water partition coefficient (Wildman–Crippen LogP) is 2.92. The van der Waals surface area contributed by atoms with Gasteiger partial charge in [-0.15, -0.1) is 12.4 Å². The molecule has 1 aliphatic carbocycles. The van der Waals surface area contributed by atoms with Crippen LogP contribution in [0.25, 0.3) is 0 Å². The van der Waals surface area contributed by atoms with Gasteiger partial charge in [-0.05, 0) is 70.1 Å². The first-order valence-corrected chi connectivity index (χ1v) is 7.09. The Bertz CT molecular complexity index is 208. The fraction of sp³-hybridized carbons (Fsp3) is 1.00. The van der Waals surface area contributed by atoms with Crippen LogP contribution in [0.1, 0.15) is 45.4 Å². The molecule has 0 unspecified atom stereocenters. The molecule has 2 rings (SSSR count). The highest BCUT2D eigenvalue weighted by atomic mass is 35.5. The van der Waals surface area contributed by atoms with Crippen molar-refractivity contribution < 1.29 is 0 Å². The molecule has 1 aliphatic heterocycles. The van der Waals surface area contributed by atoms with Crippen molar-refractivity contribution in [2.45, 2.75) is 45.4 Å². The van der Waals surface area contributed by atoms with E-state index in [1.807, 2.05) is 0 Å². The highest BCUT2D eigenvalue weighted by Crippen LogP contribution is 2.41.